The van der Waals surface area contributed by atoms with Gasteiger partial charge in [-0.3, -0.25) is 9.59 Å². The monoisotopic (exact) mass is 286 g/mol. The highest BCUT2D eigenvalue weighted by Crippen LogP contribution is 2.46. The molecule has 1 saturated heterocycles. The minimum atomic E-state index is -0.745. The van der Waals surface area contributed by atoms with Crippen molar-refractivity contribution < 1.29 is 14.3 Å². The zero-order valence-corrected chi connectivity index (χ0v) is 11.9. The van der Waals surface area contributed by atoms with E-state index >= 15 is 0 Å². The Hall–Kier alpha value is -2.30. The van der Waals surface area contributed by atoms with Crippen molar-refractivity contribution in [1.29, 1.82) is 0 Å². The molecule has 0 spiro atoms. The molecule has 2 amide bonds. The van der Waals surface area contributed by atoms with Crippen LogP contribution in [0.4, 0.5) is 0 Å². The largest absolute Gasteiger partial charge is 0.468 e. The summed E-state index contributed by atoms with van der Waals surface area (Å²) in [6.07, 6.45) is 2.18. The third-order valence-electron chi connectivity index (χ3n) is 4.04. The highest BCUT2D eigenvalue weighted by atomic mass is 16.5. The molecule has 21 heavy (non-hydrogen) atoms. The molecule has 110 valence electrons. The van der Waals surface area contributed by atoms with E-state index in [9.17, 15) is 9.59 Å². The first-order valence-electron chi connectivity index (χ1n) is 7.03. The van der Waals surface area contributed by atoms with E-state index in [1.165, 1.54) is 0 Å². The van der Waals surface area contributed by atoms with E-state index in [0.717, 1.165) is 11.3 Å². The predicted molar refractivity (Wildman–Crippen MR) is 77.7 cm³/mol. The molecule has 2 N–H and O–H groups in total. The summed E-state index contributed by atoms with van der Waals surface area (Å²) in [5.74, 6) is -0.722. The molecule has 0 aliphatic carbocycles. The molecule has 0 aromatic heterocycles. The van der Waals surface area contributed by atoms with Gasteiger partial charge in [0.2, 0.25) is 11.8 Å². The quantitative estimate of drug-likeness (QED) is 0.650. The van der Waals surface area contributed by atoms with Gasteiger partial charge in [0.25, 0.3) is 0 Å². The molecule has 5 heteroatoms. The molecule has 2 aliphatic rings. The second kappa shape index (κ2) is 4.91. The van der Waals surface area contributed by atoms with Crippen LogP contribution in [0.2, 0.25) is 0 Å². The molecular weight excluding hydrogens is 268 g/mol. The second-order valence-corrected chi connectivity index (χ2v) is 5.68. The van der Waals surface area contributed by atoms with Gasteiger partial charge in [0, 0.05) is 18.9 Å². The zero-order chi connectivity index (χ0) is 15.0. The first-order valence-corrected chi connectivity index (χ1v) is 7.03. The number of carbonyl (C=O) groups is 2. The fourth-order valence-corrected chi connectivity index (χ4v) is 3.17. The van der Waals surface area contributed by atoms with E-state index in [1.807, 2.05) is 31.2 Å². The lowest BCUT2D eigenvalue weighted by atomic mass is 9.74. The number of benzene rings is 1. The van der Waals surface area contributed by atoms with Crippen molar-refractivity contribution >= 4 is 11.8 Å². The smallest absolute Gasteiger partial charge is 0.236 e. The van der Waals surface area contributed by atoms with Gasteiger partial charge in [0.15, 0.2) is 5.72 Å². The number of ether oxygens (including phenoxy) is 1. The SMILES string of the molecule is C=CCNC(=O)[C@@H]1C(=O)N[C@@]2(C)C[C@H]1c1ccccc1O2. The summed E-state index contributed by atoms with van der Waals surface area (Å²) in [7, 11) is 0. The average Bonchev–Trinajstić information content (AvgIpc) is 2.43. The number of hydrogen-bond acceptors (Lipinski definition) is 3. The Morgan fingerprint density at radius 1 is 1.57 bits per heavy atom. The maximum atomic E-state index is 12.3. The van der Waals surface area contributed by atoms with Gasteiger partial charge in [0.05, 0.1) is 0 Å². The Kier molecular flexibility index (Phi) is 3.20. The third-order valence-corrected chi connectivity index (χ3v) is 4.04. The number of rotatable bonds is 3. The van der Waals surface area contributed by atoms with Gasteiger partial charge >= 0.3 is 0 Å². The molecule has 3 atom stereocenters. The van der Waals surface area contributed by atoms with Crippen LogP contribution in [0.5, 0.6) is 5.75 Å². The lowest BCUT2D eigenvalue weighted by Gasteiger charge is -2.46. The Morgan fingerprint density at radius 3 is 3.10 bits per heavy atom. The zero-order valence-electron chi connectivity index (χ0n) is 11.9. The normalized spacial score (nSPS) is 29.7. The Bertz CT molecular complexity index is 613. The molecular formula is C16H18N2O3. The number of fused-ring (bicyclic) bond motifs is 4. The van der Waals surface area contributed by atoms with Crippen LogP contribution >= 0.6 is 0 Å². The lowest BCUT2D eigenvalue weighted by molar-refractivity contribution is -0.147. The topological polar surface area (TPSA) is 67.4 Å². The molecule has 0 radical (unpaired) electrons. The van der Waals surface area contributed by atoms with Gasteiger partial charge in [-0.1, -0.05) is 24.3 Å². The van der Waals surface area contributed by atoms with Gasteiger partial charge < -0.3 is 15.4 Å². The molecule has 1 fully saturated rings. The van der Waals surface area contributed by atoms with Crippen molar-refractivity contribution in [1.82, 2.24) is 10.6 Å². The van der Waals surface area contributed by atoms with Crippen LogP contribution in [-0.2, 0) is 9.59 Å². The highest BCUT2D eigenvalue weighted by molar-refractivity contribution is 6.02. The average molecular weight is 286 g/mol. The standard InChI is InChI=1S/C16H18N2O3/c1-3-8-17-14(19)13-11-9-16(2,18-15(13)20)21-12-7-5-4-6-10(11)12/h3-7,11,13H,1,8-9H2,2H3,(H,17,19)(H,18,20)/t11-,13+,16+/m0/s1. The van der Waals surface area contributed by atoms with E-state index in [4.69, 9.17) is 4.74 Å². The van der Waals surface area contributed by atoms with Crippen molar-refractivity contribution in [2.45, 2.75) is 25.0 Å². The van der Waals surface area contributed by atoms with Crippen molar-refractivity contribution in [2.24, 2.45) is 5.92 Å². The third kappa shape index (κ3) is 2.28. The van der Waals surface area contributed by atoms with E-state index in [2.05, 4.69) is 17.2 Å². The molecule has 0 unspecified atom stereocenters. The van der Waals surface area contributed by atoms with Crippen molar-refractivity contribution in [3.8, 4) is 5.75 Å². The summed E-state index contributed by atoms with van der Waals surface area (Å²) in [6.45, 7) is 5.76. The number of hydrogen-bond donors (Lipinski definition) is 2. The number of para-hydroxylation sites is 1. The molecule has 0 saturated carbocycles. The Balaban J connectivity index is 1.98. The fourth-order valence-electron chi connectivity index (χ4n) is 3.17. The first kappa shape index (κ1) is 13.7. The van der Waals surface area contributed by atoms with E-state index < -0.39 is 11.6 Å². The second-order valence-electron chi connectivity index (χ2n) is 5.68. The van der Waals surface area contributed by atoms with E-state index in [1.54, 1.807) is 6.08 Å². The van der Waals surface area contributed by atoms with Crippen LogP contribution in [0.25, 0.3) is 0 Å². The summed E-state index contributed by atoms with van der Waals surface area (Å²) in [5.41, 5.74) is 0.175. The van der Waals surface area contributed by atoms with Crippen LogP contribution < -0.4 is 15.4 Å². The summed E-state index contributed by atoms with van der Waals surface area (Å²) in [5, 5.41) is 5.54. The van der Waals surface area contributed by atoms with Crippen molar-refractivity contribution in [2.75, 3.05) is 6.54 Å². The Labute approximate surface area is 123 Å². The van der Waals surface area contributed by atoms with Gasteiger partial charge in [-0.25, -0.2) is 0 Å². The summed E-state index contributed by atoms with van der Waals surface area (Å²) in [6, 6.07) is 7.58. The number of piperidine rings is 1. The molecule has 1 aromatic carbocycles. The summed E-state index contributed by atoms with van der Waals surface area (Å²) < 4.78 is 5.89. The minimum Gasteiger partial charge on any atom is -0.468 e. The summed E-state index contributed by atoms with van der Waals surface area (Å²) in [4.78, 5) is 24.7. The number of carbonyl (C=O) groups excluding carboxylic acids is 2. The minimum absolute atomic E-state index is 0.168. The van der Waals surface area contributed by atoms with Crippen LogP contribution in [0.3, 0.4) is 0 Å². The van der Waals surface area contributed by atoms with Gasteiger partial charge in [0.1, 0.15) is 11.7 Å². The van der Waals surface area contributed by atoms with Crippen LogP contribution in [0.1, 0.15) is 24.8 Å². The fraction of sp³-hybridized carbons (Fsp3) is 0.375. The predicted octanol–water partition coefficient (Wildman–Crippen LogP) is 1.32. The first-order chi connectivity index (χ1) is 10.0. The molecule has 5 nitrogen and oxygen atoms in total. The molecule has 2 aliphatic heterocycles. The highest BCUT2D eigenvalue weighted by Gasteiger charge is 2.51. The van der Waals surface area contributed by atoms with Crippen LogP contribution in [-0.4, -0.2) is 24.1 Å². The van der Waals surface area contributed by atoms with Gasteiger partial charge in [-0.15, -0.1) is 6.58 Å². The Morgan fingerprint density at radius 2 is 2.33 bits per heavy atom. The van der Waals surface area contributed by atoms with Crippen LogP contribution in [0.15, 0.2) is 36.9 Å². The van der Waals surface area contributed by atoms with E-state index in [0.29, 0.717) is 13.0 Å². The lowest BCUT2D eigenvalue weighted by Crippen LogP contribution is -2.62. The van der Waals surface area contributed by atoms with Gasteiger partial charge in [-0.05, 0) is 18.6 Å². The van der Waals surface area contributed by atoms with Gasteiger partial charge in [-0.2, -0.15) is 0 Å². The number of nitrogens with one attached hydrogen (secondary N) is 2. The maximum absolute atomic E-state index is 12.3. The van der Waals surface area contributed by atoms with Crippen molar-refractivity contribution in [3.05, 3.63) is 42.5 Å². The molecule has 1 aromatic rings. The number of amides is 2. The molecule has 2 heterocycles. The van der Waals surface area contributed by atoms with Crippen LogP contribution in [0, 0.1) is 5.92 Å². The molecule has 3 rings (SSSR count). The summed E-state index contributed by atoms with van der Waals surface area (Å²) >= 11 is 0. The molecule has 2 bridgehead atoms. The maximum Gasteiger partial charge on any atom is 0.236 e. The van der Waals surface area contributed by atoms with Crippen molar-refractivity contribution in [3.63, 3.8) is 0 Å². The van der Waals surface area contributed by atoms with E-state index in [-0.39, 0.29) is 17.7 Å².